The van der Waals surface area contributed by atoms with Gasteiger partial charge in [0.15, 0.2) is 0 Å². The smallest absolute Gasteiger partial charge is 0.129 e. The molecule has 2 nitrogen and oxygen atoms in total. The summed E-state index contributed by atoms with van der Waals surface area (Å²) < 4.78 is 5.46. The molecular weight excluding hydrogens is 176 g/mol. The molecule has 0 saturated carbocycles. The molecule has 1 aromatic carbocycles. The fourth-order valence-electron chi connectivity index (χ4n) is 1.64. The molecule has 1 heterocycles. The highest BCUT2D eigenvalue weighted by Crippen LogP contribution is 2.30. The minimum atomic E-state index is -0.416. The Morgan fingerprint density at radius 2 is 2.21 bits per heavy atom. The molecule has 1 aromatic rings. The summed E-state index contributed by atoms with van der Waals surface area (Å²) in [5, 5.41) is 0. The van der Waals surface area contributed by atoms with Crippen LogP contribution < -0.4 is 4.74 Å². The van der Waals surface area contributed by atoms with Gasteiger partial charge < -0.3 is 9.53 Å². The number of benzene rings is 1. The van der Waals surface area contributed by atoms with E-state index >= 15 is 0 Å². The third kappa shape index (κ3) is 1.41. The zero-order valence-electron chi connectivity index (χ0n) is 8.54. The van der Waals surface area contributed by atoms with Crippen LogP contribution in [0, 0.1) is 0 Å². The molecule has 0 bridgehead atoms. The van der Waals surface area contributed by atoms with Gasteiger partial charge in [0.05, 0.1) is 6.61 Å². The second-order valence-electron chi connectivity index (χ2n) is 4.26. The van der Waals surface area contributed by atoms with Crippen LogP contribution in [-0.4, -0.2) is 12.9 Å². The first kappa shape index (κ1) is 9.25. The predicted octanol–water partition coefficient (Wildman–Crippen LogP) is 2.10. The molecule has 0 atom stereocenters. The van der Waals surface area contributed by atoms with Gasteiger partial charge in [-0.15, -0.1) is 0 Å². The standard InChI is InChI=1S/C12H14O2/c1-12(2,8-13)10-4-3-9-5-6-14-11(9)7-10/h3-4,7-8H,5-6H2,1-2H3. The van der Waals surface area contributed by atoms with Crippen LogP contribution in [-0.2, 0) is 16.6 Å². The minimum absolute atomic E-state index is 0.416. The Morgan fingerprint density at radius 3 is 2.93 bits per heavy atom. The Balaban J connectivity index is 2.42. The molecule has 14 heavy (non-hydrogen) atoms. The van der Waals surface area contributed by atoms with Crippen molar-refractivity contribution in [3.8, 4) is 5.75 Å². The van der Waals surface area contributed by atoms with Gasteiger partial charge in [0.25, 0.3) is 0 Å². The molecule has 0 fully saturated rings. The number of rotatable bonds is 2. The third-order valence-electron chi connectivity index (χ3n) is 2.73. The van der Waals surface area contributed by atoms with Gasteiger partial charge in [-0.1, -0.05) is 12.1 Å². The molecule has 0 amide bonds. The molecule has 2 rings (SSSR count). The molecule has 0 spiro atoms. The lowest BCUT2D eigenvalue weighted by Crippen LogP contribution is -2.18. The zero-order chi connectivity index (χ0) is 10.2. The quantitative estimate of drug-likeness (QED) is 0.667. The fourth-order valence-corrected chi connectivity index (χ4v) is 1.64. The summed E-state index contributed by atoms with van der Waals surface area (Å²) in [5.74, 6) is 0.942. The van der Waals surface area contributed by atoms with E-state index in [0.717, 1.165) is 30.6 Å². The van der Waals surface area contributed by atoms with Crippen molar-refractivity contribution >= 4 is 6.29 Å². The Morgan fingerprint density at radius 1 is 1.43 bits per heavy atom. The van der Waals surface area contributed by atoms with Crippen LogP contribution in [0.3, 0.4) is 0 Å². The maximum atomic E-state index is 10.9. The minimum Gasteiger partial charge on any atom is -0.493 e. The van der Waals surface area contributed by atoms with Crippen molar-refractivity contribution in [3.63, 3.8) is 0 Å². The van der Waals surface area contributed by atoms with E-state index in [0.29, 0.717) is 0 Å². The molecule has 0 aliphatic carbocycles. The number of aldehydes is 1. The van der Waals surface area contributed by atoms with Crippen LogP contribution in [0.5, 0.6) is 5.75 Å². The molecule has 0 N–H and O–H groups in total. The average molecular weight is 190 g/mol. The second kappa shape index (κ2) is 3.12. The van der Waals surface area contributed by atoms with Crippen LogP contribution in [0.2, 0.25) is 0 Å². The molecule has 0 unspecified atom stereocenters. The summed E-state index contributed by atoms with van der Waals surface area (Å²) in [6, 6.07) is 6.06. The summed E-state index contributed by atoms with van der Waals surface area (Å²) in [6.45, 7) is 4.59. The van der Waals surface area contributed by atoms with Crippen molar-refractivity contribution < 1.29 is 9.53 Å². The van der Waals surface area contributed by atoms with E-state index in [1.54, 1.807) is 0 Å². The van der Waals surface area contributed by atoms with Gasteiger partial charge in [0.2, 0.25) is 0 Å². The first-order chi connectivity index (χ1) is 6.63. The first-order valence-electron chi connectivity index (χ1n) is 4.86. The van der Waals surface area contributed by atoms with Gasteiger partial charge in [0, 0.05) is 11.8 Å². The molecule has 2 heteroatoms. The van der Waals surface area contributed by atoms with Crippen LogP contribution in [0.25, 0.3) is 0 Å². The molecule has 1 aliphatic heterocycles. The van der Waals surface area contributed by atoms with Crippen molar-refractivity contribution in [1.82, 2.24) is 0 Å². The average Bonchev–Trinajstić information content (AvgIpc) is 2.64. The van der Waals surface area contributed by atoms with Gasteiger partial charge in [-0.2, -0.15) is 0 Å². The topological polar surface area (TPSA) is 26.3 Å². The van der Waals surface area contributed by atoms with E-state index in [-0.39, 0.29) is 0 Å². The van der Waals surface area contributed by atoms with Crippen LogP contribution >= 0.6 is 0 Å². The molecule has 1 aliphatic rings. The number of hydrogen-bond donors (Lipinski definition) is 0. The largest absolute Gasteiger partial charge is 0.493 e. The highest BCUT2D eigenvalue weighted by Gasteiger charge is 2.22. The number of carbonyl (C=O) groups excluding carboxylic acids is 1. The maximum absolute atomic E-state index is 10.9. The number of hydrogen-bond acceptors (Lipinski definition) is 2. The van der Waals surface area contributed by atoms with E-state index in [4.69, 9.17) is 4.74 Å². The van der Waals surface area contributed by atoms with Crippen molar-refractivity contribution in [1.29, 1.82) is 0 Å². The summed E-state index contributed by atoms with van der Waals surface area (Å²) >= 11 is 0. The number of ether oxygens (including phenoxy) is 1. The van der Waals surface area contributed by atoms with E-state index in [9.17, 15) is 4.79 Å². The highest BCUT2D eigenvalue weighted by atomic mass is 16.5. The Kier molecular flexibility index (Phi) is 2.06. The van der Waals surface area contributed by atoms with Crippen molar-refractivity contribution in [2.75, 3.05) is 6.61 Å². The summed E-state index contributed by atoms with van der Waals surface area (Å²) in [6.07, 6.45) is 1.96. The second-order valence-corrected chi connectivity index (χ2v) is 4.26. The Hall–Kier alpha value is -1.31. The van der Waals surface area contributed by atoms with Crippen molar-refractivity contribution in [2.24, 2.45) is 0 Å². The summed E-state index contributed by atoms with van der Waals surface area (Å²) in [5.41, 5.74) is 1.85. The van der Waals surface area contributed by atoms with Gasteiger partial charge in [-0.05, 0) is 31.0 Å². The molecule has 0 radical (unpaired) electrons. The summed E-state index contributed by atoms with van der Waals surface area (Å²) in [4.78, 5) is 10.9. The molecular formula is C12H14O2. The molecule has 0 aromatic heterocycles. The lowest BCUT2D eigenvalue weighted by atomic mass is 9.86. The van der Waals surface area contributed by atoms with Crippen molar-refractivity contribution in [2.45, 2.75) is 25.7 Å². The van der Waals surface area contributed by atoms with Gasteiger partial charge >= 0.3 is 0 Å². The number of carbonyl (C=O) groups is 1. The lowest BCUT2D eigenvalue weighted by molar-refractivity contribution is -0.111. The number of fused-ring (bicyclic) bond motifs is 1. The maximum Gasteiger partial charge on any atom is 0.129 e. The van der Waals surface area contributed by atoms with E-state index < -0.39 is 5.41 Å². The van der Waals surface area contributed by atoms with Crippen LogP contribution in [0.4, 0.5) is 0 Å². The Bertz CT molecular complexity index is 367. The van der Waals surface area contributed by atoms with Crippen LogP contribution in [0.15, 0.2) is 18.2 Å². The lowest BCUT2D eigenvalue weighted by Gasteiger charge is -2.17. The first-order valence-corrected chi connectivity index (χ1v) is 4.86. The molecule has 74 valence electrons. The van der Waals surface area contributed by atoms with Crippen LogP contribution in [0.1, 0.15) is 25.0 Å². The fraction of sp³-hybridized carbons (Fsp3) is 0.417. The van der Waals surface area contributed by atoms with E-state index in [2.05, 4.69) is 6.07 Å². The predicted molar refractivity (Wildman–Crippen MR) is 54.7 cm³/mol. The third-order valence-corrected chi connectivity index (χ3v) is 2.73. The van der Waals surface area contributed by atoms with Gasteiger partial charge in [0.1, 0.15) is 12.0 Å². The van der Waals surface area contributed by atoms with E-state index in [1.165, 1.54) is 5.56 Å². The monoisotopic (exact) mass is 190 g/mol. The normalized spacial score (nSPS) is 14.7. The Labute approximate surface area is 83.9 Å². The van der Waals surface area contributed by atoms with Crippen molar-refractivity contribution in [3.05, 3.63) is 29.3 Å². The zero-order valence-corrected chi connectivity index (χ0v) is 8.54. The highest BCUT2D eigenvalue weighted by molar-refractivity contribution is 5.67. The van der Waals surface area contributed by atoms with Gasteiger partial charge in [-0.3, -0.25) is 0 Å². The molecule has 0 saturated heterocycles. The summed E-state index contributed by atoms with van der Waals surface area (Å²) in [7, 11) is 0. The SMILES string of the molecule is CC(C)(C=O)c1ccc2c(c1)OCC2. The van der Waals surface area contributed by atoms with Gasteiger partial charge in [-0.25, -0.2) is 0 Å². The van der Waals surface area contributed by atoms with E-state index in [1.807, 2.05) is 26.0 Å².